The van der Waals surface area contributed by atoms with Gasteiger partial charge in [-0.2, -0.15) is 0 Å². The first-order valence-corrected chi connectivity index (χ1v) is 12.2. The Morgan fingerprint density at radius 2 is 1.91 bits per heavy atom. The van der Waals surface area contributed by atoms with Crippen LogP contribution < -0.4 is 14.9 Å². The van der Waals surface area contributed by atoms with Crippen LogP contribution in [-0.2, 0) is 9.53 Å². The summed E-state index contributed by atoms with van der Waals surface area (Å²) >= 11 is 7.76. The Balaban J connectivity index is 1.96. The summed E-state index contributed by atoms with van der Waals surface area (Å²) in [4.78, 5) is 31.2. The summed E-state index contributed by atoms with van der Waals surface area (Å²) < 4.78 is 21.6. The second-order valence-electron chi connectivity index (χ2n) is 7.19. The number of phenolic OH excluding ortho intramolecular Hbond substituents is 1. The van der Waals surface area contributed by atoms with Gasteiger partial charge in [-0.25, -0.2) is 14.2 Å². The molecule has 0 spiro atoms. The summed E-state index contributed by atoms with van der Waals surface area (Å²) in [6, 6.07) is 8.23. The largest absolute Gasteiger partial charge is 0.506 e. The van der Waals surface area contributed by atoms with Gasteiger partial charge in [-0.05, 0) is 87.2 Å². The van der Waals surface area contributed by atoms with E-state index in [0.717, 1.165) is 0 Å². The van der Waals surface area contributed by atoms with Crippen molar-refractivity contribution in [3.8, 4) is 5.75 Å². The molecule has 0 fully saturated rings. The minimum Gasteiger partial charge on any atom is -0.506 e. The molecule has 0 bridgehead atoms. The van der Waals surface area contributed by atoms with Gasteiger partial charge >= 0.3 is 5.97 Å². The van der Waals surface area contributed by atoms with Crippen molar-refractivity contribution in [1.29, 1.82) is 0 Å². The number of thiazole rings is 1. The molecular formula is C23H17Br2FN2O4S. The third-order valence-electron chi connectivity index (χ3n) is 5.04. The Kier molecular flexibility index (Phi) is 6.69. The number of hydrogen-bond donors (Lipinski definition) is 1. The SMILES string of the molecule is CCOC(=O)C1=C(C)N=c2s/c(=C\c3cc(Br)c(O)c(Br)c3)c(=O)n2[C@H]1c1ccc(F)cc1. The maximum absolute atomic E-state index is 13.6. The zero-order valence-electron chi connectivity index (χ0n) is 17.4. The predicted molar refractivity (Wildman–Crippen MR) is 130 cm³/mol. The van der Waals surface area contributed by atoms with Crippen molar-refractivity contribution in [3.05, 3.63) is 93.2 Å². The molecule has 0 saturated carbocycles. The van der Waals surface area contributed by atoms with Crippen LogP contribution in [0.2, 0.25) is 0 Å². The lowest BCUT2D eigenvalue weighted by Gasteiger charge is -2.24. The zero-order chi connectivity index (χ0) is 23.9. The standard InChI is InChI=1S/C23H17Br2FN2O4S/c1-3-32-22(31)18-11(2)27-23-28(19(18)13-4-6-14(26)7-5-13)21(30)17(33-23)10-12-8-15(24)20(29)16(25)9-12/h4-10,19,29H,3H2,1-2H3/b17-10-/t19-/m0/s1. The second-order valence-corrected chi connectivity index (χ2v) is 9.90. The number of carbonyl (C=O) groups is 1. The molecule has 2 aromatic carbocycles. The summed E-state index contributed by atoms with van der Waals surface area (Å²) in [6.45, 7) is 3.55. The first-order valence-electron chi connectivity index (χ1n) is 9.84. The van der Waals surface area contributed by atoms with Crippen LogP contribution in [-0.4, -0.2) is 22.2 Å². The molecule has 170 valence electrons. The van der Waals surface area contributed by atoms with Crippen molar-refractivity contribution in [2.75, 3.05) is 6.61 Å². The van der Waals surface area contributed by atoms with Crippen molar-refractivity contribution in [3.63, 3.8) is 0 Å². The number of hydrogen-bond acceptors (Lipinski definition) is 6. The molecule has 1 aliphatic rings. The van der Waals surface area contributed by atoms with Crippen molar-refractivity contribution in [2.24, 2.45) is 4.99 Å². The van der Waals surface area contributed by atoms with E-state index in [2.05, 4.69) is 36.9 Å². The monoisotopic (exact) mass is 594 g/mol. The van der Waals surface area contributed by atoms with Crippen LogP contribution in [0.3, 0.4) is 0 Å². The number of benzene rings is 2. The van der Waals surface area contributed by atoms with Crippen LogP contribution in [0.4, 0.5) is 4.39 Å². The number of rotatable bonds is 4. The summed E-state index contributed by atoms with van der Waals surface area (Å²) in [5, 5.41) is 9.96. The molecule has 0 saturated heterocycles. The third-order valence-corrected chi connectivity index (χ3v) is 7.23. The molecule has 6 nitrogen and oxygen atoms in total. The third kappa shape index (κ3) is 4.47. The fourth-order valence-corrected chi connectivity index (χ4v) is 5.84. The number of allylic oxidation sites excluding steroid dienone is 1. The smallest absolute Gasteiger partial charge is 0.338 e. The molecule has 1 aromatic heterocycles. The maximum atomic E-state index is 13.6. The van der Waals surface area contributed by atoms with E-state index in [1.165, 1.54) is 28.0 Å². The molecule has 0 unspecified atom stereocenters. The van der Waals surface area contributed by atoms with Gasteiger partial charge in [-0.15, -0.1) is 0 Å². The molecular weight excluding hydrogens is 579 g/mol. The first-order chi connectivity index (χ1) is 15.7. The van der Waals surface area contributed by atoms with E-state index in [-0.39, 0.29) is 23.5 Å². The number of carbonyl (C=O) groups excluding carboxylic acids is 1. The fraction of sp³-hybridized carbons (Fsp3) is 0.174. The number of nitrogens with zero attached hydrogens (tertiary/aromatic N) is 2. The van der Waals surface area contributed by atoms with Crippen LogP contribution >= 0.6 is 43.2 Å². The molecule has 3 aromatic rings. The van der Waals surface area contributed by atoms with Gasteiger partial charge in [0.05, 0.1) is 37.4 Å². The lowest BCUT2D eigenvalue weighted by Crippen LogP contribution is -2.39. The summed E-state index contributed by atoms with van der Waals surface area (Å²) in [7, 11) is 0. The lowest BCUT2D eigenvalue weighted by atomic mass is 9.96. The van der Waals surface area contributed by atoms with Gasteiger partial charge in [0.15, 0.2) is 4.80 Å². The minimum atomic E-state index is -0.804. The topological polar surface area (TPSA) is 80.9 Å². The Morgan fingerprint density at radius 1 is 1.27 bits per heavy atom. The molecule has 1 atom stereocenters. The molecule has 0 aliphatic carbocycles. The zero-order valence-corrected chi connectivity index (χ0v) is 21.4. The van der Waals surface area contributed by atoms with Crippen LogP contribution in [0.5, 0.6) is 5.75 Å². The molecule has 33 heavy (non-hydrogen) atoms. The van der Waals surface area contributed by atoms with Gasteiger partial charge in [-0.1, -0.05) is 23.5 Å². The van der Waals surface area contributed by atoms with Crippen molar-refractivity contribution >= 4 is 55.2 Å². The highest BCUT2D eigenvalue weighted by Gasteiger charge is 2.33. The number of aromatic nitrogens is 1. The number of aromatic hydroxyl groups is 1. The highest BCUT2D eigenvalue weighted by Crippen LogP contribution is 2.34. The average Bonchev–Trinajstić information content (AvgIpc) is 3.06. The normalized spacial score (nSPS) is 15.9. The van der Waals surface area contributed by atoms with Crippen molar-refractivity contribution in [1.82, 2.24) is 4.57 Å². The van der Waals surface area contributed by atoms with E-state index < -0.39 is 17.8 Å². The van der Waals surface area contributed by atoms with Crippen LogP contribution in [0.1, 0.15) is 31.0 Å². The molecule has 2 heterocycles. The molecule has 10 heteroatoms. The Morgan fingerprint density at radius 3 is 2.52 bits per heavy atom. The summed E-state index contributed by atoms with van der Waals surface area (Å²) in [5.41, 5.74) is 1.57. The number of esters is 1. The first kappa shape index (κ1) is 23.6. The maximum Gasteiger partial charge on any atom is 0.338 e. The minimum absolute atomic E-state index is 0.0552. The average molecular weight is 596 g/mol. The highest BCUT2D eigenvalue weighted by atomic mass is 79.9. The van der Waals surface area contributed by atoms with Crippen LogP contribution in [0, 0.1) is 5.82 Å². The van der Waals surface area contributed by atoms with Crippen LogP contribution in [0.15, 0.2) is 66.4 Å². The van der Waals surface area contributed by atoms with Gasteiger partial charge in [-0.3, -0.25) is 9.36 Å². The van der Waals surface area contributed by atoms with Gasteiger partial charge in [0, 0.05) is 0 Å². The van der Waals surface area contributed by atoms with E-state index in [1.54, 1.807) is 44.2 Å². The predicted octanol–water partition coefficient (Wildman–Crippen LogP) is 4.17. The molecule has 1 N–H and O–H groups in total. The molecule has 0 radical (unpaired) electrons. The van der Waals surface area contributed by atoms with Crippen LogP contribution in [0.25, 0.3) is 6.08 Å². The Bertz CT molecular complexity index is 1450. The van der Waals surface area contributed by atoms with E-state index in [1.807, 2.05) is 0 Å². The highest BCUT2D eigenvalue weighted by molar-refractivity contribution is 9.11. The number of halogens is 3. The van der Waals surface area contributed by atoms with Gasteiger partial charge in [0.2, 0.25) is 0 Å². The van der Waals surface area contributed by atoms with E-state index in [4.69, 9.17) is 4.74 Å². The second kappa shape index (κ2) is 9.36. The molecule has 4 rings (SSSR count). The number of ether oxygens (including phenoxy) is 1. The number of phenols is 1. The number of fused-ring (bicyclic) bond motifs is 1. The molecule has 1 aliphatic heterocycles. The van der Waals surface area contributed by atoms with E-state index >= 15 is 0 Å². The quantitative estimate of drug-likeness (QED) is 0.459. The summed E-state index contributed by atoms with van der Waals surface area (Å²) in [6.07, 6.45) is 1.68. The lowest BCUT2D eigenvalue weighted by molar-refractivity contribution is -0.139. The van der Waals surface area contributed by atoms with Crippen molar-refractivity contribution < 1.29 is 19.0 Å². The van der Waals surface area contributed by atoms with Gasteiger partial charge in [0.25, 0.3) is 5.56 Å². The Hall–Kier alpha value is -2.56. The fourth-order valence-electron chi connectivity index (χ4n) is 3.57. The van der Waals surface area contributed by atoms with E-state index in [0.29, 0.717) is 35.1 Å². The van der Waals surface area contributed by atoms with Crippen molar-refractivity contribution in [2.45, 2.75) is 19.9 Å². The van der Waals surface area contributed by atoms with E-state index in [9.17, 15) is 19.1 Å². The van der Waals surface area contributed by atoms with Gasteiger partial charge in [0.1, 0.15) is 11.6 Å². The summed E-state index contributed by atoms with van der Waals surface area (Å²) in [5.74, 6) is -0.943. The Labute approximate surface area is 208 Å². The molecule has 0 amide bonds. The van der Waals surface area contributed by atoms with Gasteiger partial charge < -0.3 is 9.84 Å².